The van der Waals surface area contributed by atoms with E-state index < -0.39 is 0 Å². The van der Waals surface area contributed by atoms with E-state index in [0.717, 1.165) is 12.0 Å². The Balaban J connectivity index is 0.00000176. The molecule has 2 N–H and O–H groups in total. The summed E-state index contributed by atoms with van der Waals surface area (Å²) in [5.41, 5.74) is 6.85. The van der Waals surface area contributed by atoms with E-state index in [2.05, 4.69) is 10.3 Å². The molecule has 1 atom stereocenters. The highest BCUT2D eigenvalue weighted by Gasteiger charge is 2.26. The topological polar surface area (TPSA) is 77.0 Å². The van der Waals surface area contributed by atoms with Crippen LogP contribution in [0.3, 0.4) is 0 Å². The SMILES string of the molecule is Cl.NC1CCN(C(=O)c2cn(Cc3cccc(F)c3)nn2)C1. The molecule has 1 aliphatic heterocycles. The lowest BCUT2D eigenvalue weighted by atomic mass is 10.2. The first-order chi connectivity index (χ1) is 10.1. The molecule has 6 nitrogen and oxygen atoms in total. The van der Waals surface area contributed by atoms with E-state index in [-0.39, 0.29) is 30.2 Å². The zero-order valence-corrected chi connectivity index (χ0v) is 12.7. The van der Waals surface area contributed by atoms with Crippen LogP contribution in [0.2, 0.25) is 0 Å². The minimum Gasteiger partial charge on any atom is -0.336 e. The Morgan fingerprint density at radius 1 is 1.45 bits per heavy atom. The highest BCUT2D eigenvalue weighted by Crippen LogP contribution is 2.11. The Hall–Kier alpha value is -1.99. The second-order valence-electron chi connectivity index (χ2n) is 5.23. The number of hydrogen-bond donors (Lipinski definition) is 1. The third-order valence-corrected chi connectivity index (χ3v) is 3.50. The third kappa shape index (κ3) is 3.61. The molecule has 2 heterocycles. The molecule has 0 saturated carbocycles. The summed E-state index contributed by atoms with van der Waals surface area (Å²) in [6, 6.07) is 6.29. The summed E-state index contributed by atoms with van der Waals surface area (Å²) < 4.78 is 14.7. The molecule has 0 aliphatic carbocycles. The van der Waals surface area contributed by atoms with Crippen molar-refractivity contribution in [1.29, 1.82) is 0 Å². The van der Waals surface area contributed by atoms with E-state index in [1.54, 1.807) is 23.2 Å². The predicted octanol–water partition coefficient (Wildman–Crippen LogP) is 1.06. The summed E-state index contributed by atoms with van der Waals surface area (Å²) in [6.45, 7) is 1.57. The number of halogens is 2. The number of carbonyl (C=O) groups excluding carboxylic acids is 1. The minimum atomic E-state index is -0.296. The minimum absolute atomic E-state index is 0. The Morgan fingerprint density at radius 3 is 2.95 bits per heavy atom. The molecule has 0 bridgehead atoms. The van der Waals surface area contributed by atoms with Crippen molar-refractivity contribution in [3.8, 4) is 0 Å². The van der Waals surface area contributed by atoms with Gasteiger partial charge in [-0.25, -0.2) is 9.07 Å². The van der Waals surface area contributed by atoms with Crippen LogP contribution in [0.5, 0.6) is 0 Å². The van der Waals surface area contributed by atoms with E-state index in [1.807, 2.05) is 0 Å². The van der Waals surface area contributed by atoms with Crippen LogP contribution in [0.1, 0.15) is 22.5 Å². The monoisotopic (exact) mass is 325 g/mol. The van der Waals surface area contributed by atoms with Gasteiger partial charge in [0.2, 0.25) is 0 Å². The largest absolute Gasteiger partial charge is 0.336 e. The number of nitrogens with zero attached hydrogens (tertiary/aromatic N) is 4. The summed E-state index contributed by atoms with van der Waals surface area (Å²) in [7, 11) is 0. The van der Waals surface area contributed by atoms with Crippen LogP contribution in [0.25, 0.3) is 0 Å². The Bertz CT molecular complexity index is 662. The third-order valence-electron chi connectivity index (χ3n) is 3.50. The van der Waals surface area contributed by atoms with Gasteiger partial charge in [0.1, 0.15) is 5.82 Å². The molecule has 0 spiro atoms. The number of rotatable bonds is 3. The summed E-state index contributed by atoms with van der Waals surface area (Å²) in [6.07, 6.45) is 2.39. The maximum absolute atomic E-state index is 13.1. The lowest BCUT2D eigenvalue weighted by Gasteiger charge is -2.13. The van der Waals surface area contributed by atoms with Crippen LogP contribution >= 0.6 is 12.4 Å². The fraction of sp³-hybridized carbons (Fsp3) is 0.357. The first-order valence-corrected chi connectivity index (χ1v) is 6.81. The van der Waals surface area contributed by atoms with Gasteiger partial charge in [0.25, 0.3) is 5.91 Å². The number of amides is 1. The zero-order chi connectivity index (χ0) is 14.8. The molecule has 0 radical (unpaired) electrons. The highest BCUT2D eigenvalue weighted by molar-refractivity contribution is 5.92. The van der Waals surface area contributed by atoms with Crippen LogP contribution in [0.15, 0.2) is 30.5 Å². The molecule has 1 aliphatic rings. The van der Waals surface area contributed by atoms with Crippen LogP contribution < -0.4 is 5.73 Å². The van der Waals surface area contributed by atoms with Gasteiger partial charge in [0, 0.05) is 19.1 Å². The van der Waals surface area contributed by atoms with E-state index in [9.17, 15) is 9.18 Å². The van der Waals surface area contributed by atoms with Crippen molar-refractivity contribution in [3.63, 3.8) is 0 Å². The standard InChI is InChI=1S/C14H16FN5O.ClH/c15-11-3-1-2-10(6-11)7-20-9-13(17-18-20)14(21)19-5-4-12(16)8-19;/h1-3,6,9,12H,4-5,7-8,16H2;1H. The average molecular weight is 326 g/mol. The van der Waals surface area contributed by atoms with Gasteiger partial charge in [0.05, 0.1) is 12.7 Å². The van der Waals surface area contributed by atoms with Crippen LogP contribution in [0, 0.1) is 5.82 Å². The lowest BCUT2D eigenvalue weighted by Crippen LogP contribution is -2.32. The second-order valence-corrected chi connectivity index (χ2v) is 5.23. The number of aromatic nitrogens is 3. The van der Waals surface area contributed by atoms with Gasteiger partial charge >= 0.3 is 0 Å². The molecule has 22 heavy (non-hydrogen) atoms. The summed E-state index contributed by atoms with van der Waals surface area (Å²) in [4.78, 5) is 13.9. The van der Waals surface area contributed by atoms with Crippen molar-refractivity contribution >= 4 is 18.3 Å². The molecular formula is C14H17ClFN5O. The van der Waals surface area contributed by atoms with Gasteiger partial charge < -0.3 is 10.6 Å². The summed E-state index contributed by atoms with van der Waals surface area (Å²) in [5, 5.41) is 7.81. The van der Waals surface area contributed by atoms with Crippen LogP contribution in [-0.4, -0.2) is 44.9 Å². The molecule has 2 aromatic rings. The van der Waals surface area contributed by atoms with Gasteiger partial charge in [0.15, 0.2) is 5.69 Å². The van der Waals surface area contributed by atoms with Gasteiger partial charge in [-0.05, 0) is 24.1 Å². The molecule has 3 rings (SSSR count). The fourth-order valence-electron chi connectivity index (χ4n) is 2.43. The smallest absolute Gasteiger partial charge is 0.276 e. The van der Waals surface area contributed by atoms with E-state index in [1.165, 1.54) is 16.8 Å². The maximum atomic E-state index is 13.1. The van der Waals surface area contributed by atoms with Crippen LogP contribution in [-0.2, 0) is 6.54 Å². The van der Waals surface area contributed by atoms with Crippen molar-refractivity contribution in [2.24, 2.45) is 5.73 Å². The first kappa shape index (κ1) is 16.4. The Morgan fingerprint density at radius 2 is 2.27 bits per heavy atom. The molecular weight excluding hydrogens is 309 g/mol. The molecule has 1 amide bonds. The molecule has 8 heteroatoms. The van der Waals surface area contributed by atoms with E-state index in [0.29, 0.717) is 25.3 Å². The van der Waals surface area contributed by atoms with Gasteiger partial charge in [-0.1, -0.05) is 17.3 Å². The number of likely N-dealkylation sites (tertiary alicyclic amines) is 1. The quantitative estimate of drug-likeness (QED) is 0.915. The van der Waals surface area contributed by atoms with Crippen LogP contribution in [0.4, 0.5) is 4.39 Å². The molecule has 118 valence electrons. The molecule has 1 unspecified atom stereocenters. The maximum Gasteiger partial charge on any atom is 0.276 e. The van der Waals surface area contributed by atoms with Crippen molar-refractivity contribution in [2.45, 2.75) is 19.0 Å². The molecule has 1 fully saturated rings. The Labute approximate surface area is 133 Å². The molecule has 1 saturated heterocycles. The van der Waals surface area contributed by atoms with Gasteiger partial charge in [-0.2, -0.15) is 0 Å². The van der Waals surface area contributed by atoms with Crippen molar-refractivity contribution in [2.75, 3.05) is 13.1 Å². The van der Waals surface area contributed by atoms with Gasteiger partial charge in [-0.3, -0.25) is 4.79 Å². The Kier molecular flexibility index (Phi) is 5.10. The molecule has 1 aromatic heterocycles. The summed E-state index contributed by atoms with van der Waals surface area (Å²) in [5.74, 6) is -0.455. The number of hydrogen-bond acceptors (Lipinski definition) is 4. The summed E-state index contributed by atoms with van der Waals surface area (Å²) >= 11 is 0. The number of benzene rings is 1. The molecule has 1 aromatic carbocycles. The van der Waals surface area contributed by atoms with Crippen molar-refractivity contribution < 1.29 is 9.18 Å². The number of carbonyl (C=O) groups is 1. The highest BCUT2D eigenvalue weighted by atomic mass is 35.5. The number of nitrogens with two attached hydrogens (primary N) is 1. The zero-order valence-electron chi connectivity index (χ0n) is 11.9. The van der Waals surface area contributed by atoms with Crippen molar-refractivity contribution in [3.05, 3.63) is 47.5 Å². The predicted molar refractivity (Wildman–Crippen MR) is 81.3 cm³/mol. The van der Waals surface area contributed by atoms with E-state index >= 15 is 0 Å². The van der Waals surface area contributed by atoms with Gasteiger partial charge in [-0.15, -0.1) is 17.5 Å². The van der Waals surface area contributed by atoms with E-state index in [4.69, 9.17) is 5.73 Å². The second kappa shape index (κ2) is 6.85. The average Bonchev–Trinajstić information content (AvgIpc) is 3.07. The first-order valence-electron chi connectivity index (χ1n) is 6.81. The normalized spacial score (nSPS) is 17.4. The van der Waals surface area contributed by atoms with Crippen molar-refractivity contribution in [1.82, 2.24) is 19.9 Å². The fourth-order valence-corrected chi connectivity index (χ4v) is 2.43. The lowest BCUT2D eigenvalue weighted by molar-refractivity contribution is 0.0785.